The van der Waals surface area contributed by atoms with Crippen LogP contribution in [0, 0.1) is 0 Å². The molecular weight excluding hydrogens is 378 g/mol. The summed E-state index contributed by atoms with van der Waals surface area (Å²) in [6.45, 7) is 0.741. The number of rotatable bonds is 7. The second-order valence-corrected chi connectivity index (χ2v) is 9.12. The lowest BCUT2D eigenvalue weighted by Gasteiger charge is -2.15. The van der Waals surface area contributed by atoms with Crippen LogP contribution >= 0.6 is 39.0 Å². The average molecular weight is 396 g/mol. The summed E-state index contributed by atoms with van der Waals surface area (Å²) in [7, 11) is 0. The minimum absolute atomic E-state index is 0.193. The van der Waals surface area contributed by atoms with Crippen molar-refractivity contribution in [2.45, 2.75) is 24.0 Å². The monoisotopic (exact) mass is 395 g/mol. The number of benzene rings is 1. The molecule has 1 fully saturated rings. The van der Waals surface area contributed by atoms with Crippen molar-refractivity contribution in [2.75, 3.05) is 12.3 Å². The van der Waals surface area contributed by atoms with Gasteiger partial charge in [0.15, 0.2) is 0 Å². The number of hydrogen-bond acceptors (Lipinski definition) is 3. The minimum Gasteiger partial charge on any atom is -0.355 e. The topological polar surface area (TPSA) is 29.1 Å². The molecule has 0 radical (unpaired) electrons. The van der Waals surface area contributed by atoms with Gasteiger partial charge in [-0.05, 0) is 46.5 Å². The van der Waals surface area contributed by atoms with Crippen LogP contribution in [0.25, 0.3) is 0 Å². The summed E-state index contributed by atoms with van der Waals surface area (Å²) in [5, 5.41) is 3.11. The van der Waals surface area contributed by atoms with E-state index in [4.69, 9.17) is 0 Å². The Kier molecular flexibility index (Phi) is 5.26. The molecule has 1 heterocycles. The first-order valence-corrected chi connectivity index (χ1v) is 10.1. The number of thiophene rings is 1. The fraction of sp³-hybridized carbons (Fsp3) is 0.353. The largest absolute Gasteiger partial charge is 0.355 e. The number of thioether (sulfide) groups is 1. The zero-order valence-corrected chi connectivity index (χ0v) is 15.4. The third kappa shape index (κ3) is 3.76. The zero-order chi connectivity index (χ0) is 15.4. The molecule has 0 aliphatic heterocycles. The molecule has 1 aromatic carbocycles. The Labute approximate surface area is 147 Å². The molecule has 22 heavy (non-hydrogen) atoms. The molecule has 2 nitrogen and oxygen atoms in total. The van der Waals surface area contributed by atoms with Crippen LogP contribution in [0.5, 0.6) is 0 Å². The van der Waals surface area contributed by atoms with Gasteiger partial charge in [-0.3, -0.25) is 4.79 Å². The second-order valence-electron chi connectivity index (χ2n) is 5.46. The summed E-state index contributed by atoms with van der Waals surface area (Å²) in [6, 6.07) is 14.4. The molecule has 1 aliphatic carbocycles. The van der Waals surface area contributed by atoms with E-state index in [1.807, 2.05) is 30.0 Å². The number of halogens is 1. The van der Waals surface area contributed by atoms with Gasteiger partial charge in [0.2, 0.25) is 5.91 Å². The predicted molar refractivity (Wildman–Crippen MR) is 98.5 cm³/mol. The van der Waals surface area contributed by atoms with Crippen LogP contribution in [0.4, 0.5) is 0 Å². The van der Waals surface area contributed by atoms with E-state index in [0.29, 0.717) is 0 Å². The number of nitrogens with one attached hydrogen (secondary N) is 1. The molecule has 0 saturated heterocycles. The second kappa shape index (κ2) is 7.20. The number of amides is 1. The van der Waals surface area contributed by atoms with E-state index >= 15 is 0 Å². The summed E-state index contributed by atoms with van der Waals surface area (Å²) in [4.78, 5) is 13.8. The number of carbonyl (C=O) groups is 1. The van der Waals surface area contributed by atoms with Gasteiger partial charge in [-0.2, -0.15) is 11.8 Å². The third-order valence-corrected chi connectivity index (χ3v) is 6.73. The standard InChI is InChI=1S/C17H18BrNOS2/c18-15-7-6-14(22-15)12-21-11-10-19-16(20)17(8-9-17)13-4-2-1-3-5-13/h1-7H,8-12H2,(H,19,20). The van der Waals surface area contributed by atoms with Crippen LogP contribution in [-0.2, 0) is 16.0 Å². The van der Waals surface area contributed by atoms with Gasteiger partial charge < -0.3 is 5.32 Å². The maximum absolute atomic E-state index is 12.4. The van der Waals surface area contributed by atoms with Gasteiger partial charge in [-0.1, -0.05) is 30.3 Å². The van der Waals surface area contributed by atoms with Gasteiger partial charge >= 0.3 is 0 Å². The fourth-order valence-corrected chi connectivity index (χ4v) is 4.99. The Morgan fingerprint density at radius 2 is 2.00 bits per heavy atom. The first-order chi connectivity index (χ1) is 10.7. The van der Waals surface area contributed by atoms with Crippen molar-refractivity contribution >= 4 is 44.9 Å². The van der Waals surface area contributed by atoms with Crippen molar-refractivity contribution in [2.24, 2.45) is 0 Å². The van der Waals surface area contributed by atoms with Crippen LogP contribution in [0.1, 0.15) is 23.3 Å². The normalized spacial score (nSPS) is 15.5. The molecule has 0 bridgehead atoms. The summed E-state index contributed by atoms with van der Waals surface area (Å²) in [5.74, 6) is 2.15. The van der Waals surface area contributed by atoms with Gasteiger partial charge in [-0.25, -0.2) is 0 Å². The molecule has 1 saturated carbocycles. The lowest BCUT2D eigenvalue weighted by molar-refractivity contribution is -0.123. The van der Waals surface area contributed by atoms with E-state index in [-0.39, 0.29) is 11.3 Å². The SMILES string of the molecule is O=C(NCCSCc1ccc(Br)s1)C1(c2ccccc2)CC1. The van der Waals surface area contributed by atoms with E-state index in [2.05, 4.69) is 45.5 Å². The lowest BCUT2D eigenvalue weighted by atomic mass is 9.95. The summed E-state index contributed by atoms with van der Waals surface area (Å²) in [5.41, 5.74) is 0.911. The molecule has 0 spiro atoms. The molecule has 1 N–H and O–H groups in total. The van der Waals surface area contributed by atoms with Gasteiger partial charge in [0.05, 0.1) is 9.20 Å². The summed E-state index contributed by atoms with van der Waals surface area (Å²) < 4.78 is 1.18. The van der Waals surface area contributed by atoms with E-state index in [0.717, 1.165) is 36.5 Å². The molecular formula is C17H18BrNOS2. The smallest absolute Gasteiger partial charge is 0.230 e. The molecule has 0 unspecified atom stereocenters. The first-order valence-electron chi connectivity index (χ1n) is 7.36. The highest BCUT2D eigenvalue weighted by molar-refractivity contribution is 9.11. The molecule has 5 heteroatoms. The lowest BCUT2D eigenvalue weighted by Crippen LogP contribution is -2.36. The van der Waals surface area contributed by atoms with Crippen LogP contribution in [0.15, 0.2) is 46.3 Å². The van der Waals surface area contributed by atoms with E-state index in [1.165, 1.54) is 8.66 Å². The van der Waals surface area contributed by atoms with Crippen LogP contribution in [0.2, 0.25) is 0 Å². The van der Waals surface area contributed by atoms with Crippen LogP contribution < -0.4 is 5.32 Å². The van der Waals surface area contributed by atoms with E-state index < -0.39 is 0 Å². The summed E-state index contributed by atoms with van der Waals surface area (Å²) >= 11 is 7.11. The maximum atomic E-state index is 12.4. The molecule has 1 aliphatic rings. The molecule has 1 aromatic heterocycles. The first kappa shape index (κ1) is 16.1. The zero-order valence-electron chi connectivity index (χ0n) is 12.2. The minimum atomic E-state index is -0.245. The molecule has 2 aromatic rings. The Morgan fingerprint density at radius 3 is 2.64 bits per heavy atom. The highest BCUT2D eigenvalue weighted by Crippen LogP contribution is 2.48. The fourth-order valence-electron chi connectivity index (χ4n) is 2.54. The Hall–Kier alpha value is -0.780. The summed E-state index contributed by atoms with van der Waals surface area (Å²) in [6.07, 6.45) is 1.94. The quantitative estimate of drug-likeness (QED) is 0.694. The van der Waals surface area contributed by atoms with E-state index in [1.54, 1.807) is 11.3 Å². The molecule has 1 amide bonds. The van der Waals surface area contributed by atoms with Crippen molar-refractivity contribution in [3.8, 4) is 0 Å². The van der Waals surface area contributed by atoms with Gasteiger partial charge in [0.1, 0.15) is 0 Å². The van der Waals surface area contributed by atoms with Gasteiger partial charge in [0.25, 0.3) is 0 Å². The van der Waals surface area contributed by atoms with Crippen molar-refractivity contribution in [3.63, 3.8) is 0 Å². The van der Waals surface area contributed by atoms with Crippen molar-refractivity contribution in [1.82, 2.24) is 5.32 Å². The van der Waals surface area contributed by atoms with Crippen LogP contribution in [0.3, 0.4) is 0 Å². The highest BCUT2D eigenvalue weighted by Gasteiger charge is 2.50. The molecule has 116 valence electrons. The van der Waals surface area contributed by atoms with Crippen molar-refractivity contribution < 1.29 is 4.79 Å². The molecule has 3 rings (SSSR count). The molecule has 0 atom stereocenters. The van der Waals surface area contributed by atoms with Crippen LogP contribution in [-0.4, -0.2) is 18.2 Å². The predicted octanol–water partition coefficient (Wildman–Crippen LogP) is 4.59. The Bertz CT molecular complexity index is 637. The number of carbonyl (C=O) groups excluding carboxylic acids is 1. The number of hydrogen-bond donors (Lipinski definition) is 1. The third-order valence-electron chi connectivity index (χ3n) is 3.92. The van der Waals surface area contributed by atoms with Gasteiger partial charge in [-0.15, -0.1) is 11.3 Å². The van der Waals surface area contributed by atoms with Crippen molar-refractivity contribution in [1.29, 1.82) is 0 Å². The Balaban J connectivity index is 1.41. The maximum Gasteiger partial charge on any atom is 0.230 e. The van der Waals surface area contributed by atoms with E-state index in [9.17, 15) is 4.79 Å². The average Bonchev–Trinajstić information content (AvgIpc) is 3.25. The Morgan fingerprint density at radius 1 is 1.23 bits per heavy atom. The highest BCUT2D eigenvalue weighted by atomic mass is 79.9. The van der Waals surface area contributed by atoms with Crippen molar-refractivity contribution in [3.05, 3.63) is 56.7 Å². The van der Waals surface area contributed by atoms with Gasteiger partial charge in [0, 0.05) is 22.9 Å².